The van der Waals surface area contributed by atoms with E-state index in [-0.39, 0.29) is 42.6 Å². The Balaban J connectivity index is 1.30. The molecule has 2 aliphatic carbocycles. The molecule has 2 saturated carbocycles. The first-order chi connectivity index (χ1) is 19.9. The normalized spacial score (nSPS) is 22.1. The number of ether oxygens (including phenoxy) is 6. The van der Waals surface area contributed by atoms with E-state index in [1.807, 2.05) is 0 Å². The molecule has 0 spiro atoms. The second-order valence-electron chi connectivity index (χ2n) is 10.1. The van der Waals surface area contributed by atoms with Crippen molar-refractivity contribution in [3.05, 3.63) is 49.6 Å². The molecule has 0 saturated heterocycles. The second-order valence-corrected chi connectivity index (χ2v) is 10.1. The van der Waals surface area contributed by atoms with Crippen molar-refractivity contribution >= 4 is 23.9 Å². The van der Waals surface area contributed by atoms with Gasteiger partial charge in [-0.05, 0) is 75.6 Å². The molecule has 0 atom stereocenters. The van der Waals surface area contributed by atoms with Crippen LogP contribution in [0.4, 0.5) is 0 Å². The lowest BCUT2D eigenvalue weighted by Crippen LogP contribution is -2.29. The highest BCUT2D eigenvalue weighted by molar-refractivity contribution is 5.81. The summed E-state index contributed by atoms with van der Waals surface area (Å²) >= 11 is 0. The van der Waals surface area contributed by atoms with E-state index >= 15 is 0 Å². The zero-order valence-electron chi connectivity index (χ0n) is 23.5. The van der Waals surface area contributed by atoms with Gasteiger partial charge < -0.3 is 28.4 Å². The average Bonchev–Trinajstić information content (AvgIpc) is 3.00. The van der Waals surface area contributed by atoms with Gasteiger partial charge in [0.2, 0.25) is 0 Å². The van der Waals surface area contributed by atoms with E-state index in [0.717, 1.165) is 37.8 Å². The molecule has 0 unspecified atom stereocenters. The monoisotopic (exact) mass is 572 g/mol. The zero-order valence-corrected chi connectivity index (χ0v) is 23.5. The van der Waals surface area contributed by atoms with Gasteiger partial charge >= 0.3 is 23.9 Å². The minimum Gasteiger partial charge on any atom is -0.462 e. The maximum Gasteiger partial charge on any atom is 0.330 e. The molecule has 0 radical (unpaired) electrons. The predicted molar refractivity (Wildman–Crippen MR) is 148 cm³/mol. The number of rotatable bonds is 15. The fourth-order valence-electron chi connectivity index (χ4n) is 4.86. The van der Waals surface area contributed by atoms with Gasteiger partial charge in [-0.15, -0.1) is 0 Å². The highest BCUT2D eigenvalue weighted by Gasteiger charge is 2.29. The van der Waals surface area contributed by atoms with Crippen molar-refractivity contribution in [2.24, 2.45) is 11.8 Å². The number of carbonyl (C=O) groups excluding carboxylic acids is 4. The third-order valence-corrected chi connectivity index (χ3v) is 7.18. The van der Waals surface area contributed by atoms with E-state index in [2.05, 4.69) is 13.2 Å². The van der Waals surface area contributed by atoms with Gasteiger partial charge in [0, 0.05) is 18.6 Å². The fourth-order valence-corrected chi connectivity index (χ4v) is 4.86. The van der Waals surface area contributed by atoms with Crippen LogP contribution >= 0.6 is 0 Å². The van der Waals surface area contributed by atoms with E-state index in [0.29, 0.717) is 63.4 Å². The predicted octanol–water partition coefficient (Wildman–Crippen LogP) is 4.50. The molecule has 0 aliphatic heterocycles. The van der Waals surface area contributed by atoms with Crippen LogP contribution in [0.5, 0.6) is 11.5 Å². The van der Waals surface area contributed by atoms with Crippen LogP contribution in [0.1, 0.15) is 57.8 Å². The topological polar surface area (TPSA) is 124 Å². The minimum atomic E-state index is -0.477. The Morgan fingerprint density at radius 1 is 0.610 bits per heavy atom. The summed E-state index contributed by atoms with van der Waals surface area (Å²) in [7, 11) is 0. The lowest BCUT2D eigenvalue weighted by Gasteiger charge is -2.27. The SMILES string of the molecule is C=CC(=O)OCCCOC1CCC(C(=O)Oc2ccc(OC(=O)C3CCC(OCCOC(=O)C=C)CC3)cc2)CC1. The van der Waals surface area contributed by atoms with Gasteiger partial charge in [0.05, 0.1) is 43.9 Å². The first-order valence-electron chi connectivity index (χ1n) is 14.2. The Morgan fingerprint density at radius 3 is 1.46 bits per heavy atom. The summed E-state index contributed by atoms with van der Waals surface area (Å²) < 4.78 is 32.5. The molecule has 3 rings (SSSR count). The van der Waals surface area contributed by atoms with Gasteiger partial charge in [-0.25, -0.2) is 9.59 Å². The number of hydrogen-bond acceptors (Lipinski definition) is 10. The Labute approximate surface area is 240 Å². The van der Waals surface area contributed by atoms with Gasteiger partial charge in [0.1, 0.15) is 18.1 Å². The van der Waals surface area contributed by atoms with Crippen molar-refractivity contribution in [3.63, 3.8) is 0 Å². The summed E-state index contributed by atoms with van der Waals surface area (Å²) in [5.41, 5.74) is 0. The quantitative estimate of drug-likeness (QED) is 0.128. The minimum absolute atomic E-state index is 0.0265. The highest BCUT2D eigenvalue weighted by Crippen LogP contribution is 2.30. The smallest absolute Gasteiger partial charge is 0.330 e. The molecule has 2 fully saturated rings. The molecule has 41 heavy (non-hydrogen) atoms. The Bertz CT molecular complexity index is 1020. The summed E-state index contributed by atoms with van der Waals surface area (Å²) in [6, 6.07) is 6.49. The first-order valence-corrected chi connectivity index (χ1v) is 14.2. The zero-order chi connectivity index (χ0) is 29.5. The molecule has 0 aromatic heterocycles. The third kappa shape index (κ3) is 11.5. The molecule has 1 aromatic carbocycles. The summed E-state index contributed by atoms with van der Waals surface area (Å²) in [6.07, 6.45) is 8.62. The van der Waals surface area contributed by atoms with Crippen LogP contribution in [0.3, 0.4) is 0 Å². The highest BCUT2D eigenvalue weighted by atomic mass is 16.6. The van der Waals surface area contributed by atoms with Gasteiger partial charge in [-0.2, -0.15) is 0 Å². The number of hydrogen-bond donors (Lipinski definition) is 0. The van der Waals surface area contributed by atoms with Crippen LogP contribution in [0, 0.1) is 11.8 Å². The number of esters is 4. The van der Waals surface area contributed by atoms with E-state index in [1.54, 1.807) is 24.3 Å². The summed E-state index contributed by atoms with van der Waals surface area (Å²) in [5.74, 6) is -1.08. The van der Waals surface area contributed by atoms with Crippen LogP contribution in [-0.2, 0) is 38.1 Å². The lowest BCUT2D eigenvalue weighted by atomic mass is 9.87. The summed E-state index contributed by atoms with van der Waals surface area (Å²) in [5, 5.41) is 0. The standard InChI is InChI=1S/C31H40O10/c1-3-28(32)38-19-5-18-36-24-10-6-22(7-11-24)30(34)40-26-14-16-27(17-15-26)41-31(35)23-8-12-25(13-9-23)37-20-21-39-29(33)4-2/h3-4,14-17,22-25H,1-2,5-13,18-21H2. The van der Waals surface area contributed by atoms with Gasteiger partial charge in [-0.3, -0.25) is 9.59 Å². The first kappa shape index (κ1) is 32.0. The van der Waals surface area contributed by atoms with Crippen molar-refractivity contribution in [1.82, 2.24) is 0 Å². The maximum atomic E-state index is 12.6. The molecule has 1 aromatic rings. The van der Waals surface area contributed by atoms with Crippen molar-refractivity contribution < 1.29 is 47.6 Å². The van der Waals surface area contributed by atoms with Crippen LogP contribution in [-0.4, -0.2) is 62.5 Å². The molecule has 2 aliphatic rings. The van der Waals surface area contributed by atoms with E-state index < -0.39 is 11.9 Å². The fraction of sp³-hybridized carbons (Fsp3) is 0.548. The van der Waals surface area contributed by atoms with Crippen molar-refractivity contribution in [2.45, 2.75) is 70.0 Å². The molecule has 0 amide bonds. The Kier molecular flexibility index (Phi) is 13.5. The van der Waals surface area contributed by atoms with Crippen LogP contribution in [0.2, 0.25) is 0 Å². The molecule has 0 heterocycles. The largest absolute Gasteiger partial charge is 0.462 e. The molecule has 0 bridgehead atoms. The molecule has 224 valence electrons. The van der Waals surface area contributed by atoms with Crippen molar-refractivity contribution in [2.75, 3.05) is 26.4 Å². The second kappa shape index (κ2) is 17.3. The maximum absolute atomic E-state index is 12.6. The molecular weight excluding hydrogens is 532 g/mol. The molecule has 10 heteroatoms. The molecule has 10 nitrogen and oxygen atoms in total. The van der Waals surface area contributed by atoms with Crippen molar-refractivity contribution in [3.8, 4) is 11.5 Å². The van der Waals surface area contributed by atoms with Crippen LogP contribution in [0.25, 0.3) is 0 Å². The van der Waals surface area contributed by atoms with Gasteiger partial charge in [-0.1, -0.05) is 13.2 Å². The molecule has 0 N–H and O–H groups in total. The van der Waals surface area contributed by atoms with Crippen LogP contribution < -0.4 is 9.47 Å². The van der Waals surface area contributed by atoms with E-state index in [1.165, 1.54) is 0 Å². The lowest BCUT2D eigenvalue weighted by molar-refractivity contribution is -0.143. The van der Waals surface area contributed by atoms with Gasteiger partial charge in [0.25, 0.3) is 0 Å². The number of benzene rings is 1. The van der Waals surface area contributed by atoms with Gasteiger partial charge in [0.15, 0.2) is 0 Å². The average molecular weight is 573 g/mol. The Hall–Kier alpha value is -3.50. The van der Waals surface area contributed by atoms with E-state index in [4.69, 9.17) is 28.4 Å². The summed E-state index contributed by atoms with van der Waals surface area (Å²) in [4.78, 5) is 47.4. The van der Waals surface area contributed by atoms with Crippen molar-refractivity contribution in [1.29, 1.82) is 0 Å². The summed E-state index contributed by atoms with van der Waals surface area (Å²) in [6.45, 7) is 7.96. The number of carbonyl (C=O) groups is 4. The van der Waals surface area contributed by atoms with E-state index in [9.17, 15) is 19.2 Å². The third-order valence-electron chi connectivity index (χ3n) is 7.18. The Morgan fingerprint density at radius 2 is 1.02 bits per heavy atom. The van der Waals surface area contributed by atoms with Crippen LogP contribution in [0.15, 0.2) is 49.6 Å². The molecular formula is C31H40O10.